The molecule has 3 rings (SSSR count). The molecule has 0 saturated carbocycles. The Balaban J connectivity index is 2.13. The van der Waals surface area contributed by atoms with Gasteiger partial charge < -0.3 is 15.2 Å². The van der Waals surface area contributed by atoms with E-state index in [-0.39, 0.29) is 0 Å². The molecule has 0 radical (unpaired) electrons. The number of hydrogen-bond donors (Lipinski definition) is 2. The van der Waals surface area contributed by atoms with Crippen LogP contribution in [0.4, 0.5) is 4.79 Å². The van der Waals surface area contributed by atoms with Crippen molar-refractivity contribution in [2.24, 2.45) is 0 Å². The minimum atomic E-state index is -1.20. The molecule has 2 atom stereocenters. The third kappa shape index (κ3) is 1.89. The predicted octanol–water partition coefficient (Wildman–Crippen LogP) is 2.07. The first kappa shape index (κ1) is 11.5. The Morgan fingerprint density at radius 1 is 1.16 bits per heavy atom. The molecule has 2 N–H and O–H groups in total. The van der Waals surface area contributed by atoms with Crippen LogP contribution in [0.3, 0.4) is 0 Å². The Hall–Kier alpha value is -2.56. The van der Waals surface area contributed by atoms with Crippen LogP contribution in [0, 0.1) is 0 Å². The molecular formula is C14H11NO4. The van der Waals surface area contributed by atoms with Gasteiger partial charge in [0.15, 0.2) is 0 Å². The van der Waals surface area contributed by atoms with E-state index in [0.717, 1.165) is 16.3 Å². The van der Waals surface area contributed by atoms with E-state index in [1.54, 1.807) is 6.07 Å². The number of carboxylic acids is 1. The number of ether oxygens (including phenoxy) is 1. The van der Waals surface area contributed by atoms with E-state index in [0.29, 0.717) is 0 Å². The summed E-state index contributed by atoms with van der Waals surface area (Å²) in [6.07, 6.45) is -1.90. The van der Waals surface area contributed by atoms with Crippen molar-refractivity contribution >= 4 is 22.8 Å². The molecule has 0 aliphatic carbocycles. The first-order chi connectivity index (χ1) is 9.16. The number of carbonyl (C=O) groups excluding carboxylic acids is 1. The molecule has 2 unspecified atom stereocenters. The van der Waals surface area contributed by atoms with Gasteiger partial charge in [-0.2, -0.15) is 0 Å². The Bertz CT molecular complexity index is 662. The Morgan fingerprint density at radius 3 is 2.68 bits per heavy atom. The molecule has 1 heterocycles. The van der Waals surface area contributed by atoms with Crippen LogP contribution in [-0.2, 0) is 9.53 Å². The van der Waals surface area contributed by atoms with Gasteiger partial charge in [0.1, 0.15) is 6.04 Å². The number of rotatable bonds is 2. The molecule has 1 fully saturated rings. The van der Waals surface area contributed by atoms with Gasteiger partial charge in [-0.1, -0.05) is 42.5 Å². The number of cyclic esters (lactones) is 1. The van der Waals surface area contributed by atoms with Crippen molar-refractivity contribution in [3.05, 3.63) is 48.0 Å². The van der Waals surface area contributed by atoms with Crippen LogP contribution < -0.4 is 5.32 Å². The largest absolute Gasteiger partial charge is 0.478 e. The van der Waals surface area contributed by atoms with Crippen LogP contribution >= 0.6 is 0 Å². The first-order valence-electron chi connectivity index (χ1n) is 5.84. The van der Waals surface area contributed by atoms with Crippen molar-refractivity contribution in [1.82, 2.24) is 5.32 Å². The molecule has 96 valence electrons. The van der Waals surface area contributed by atoms with Crippen molar-refractivity contribution in [2.75, 3.05) is 0 Å². The summed E-state index contributed by atoms with van der Waals surface area (Å²) in [4.78, 5) is 22.4. The van der Waals surface area contributed by atoms with Gasteiger partial charge in [-0.05, 0) is 16.3 Å². The van der Waals surface area contributed by atoms with Crippen LogP contribution in [0.15, 0.2) is 42.5 Å². The molecule has 0 spiro atoms. The molecule has 1 saturated heterocycles. The van der Waals surface area contributed by atoms with E-state index in [2.05, 4.69) is 5.32 Å². The quantitative estimate of drug-likeness (QED) is 0.863. The monoisotopic (exact) mass is 257 g/mol. The highest BCUT2D eigenvalue weighted by molar-refractivity contribution is 5.89. The molecule has 2 aromatic carbocycles. The minimum Gasteiger partial charge on any atom is -0.478 e. The number of fused-ring (bicyclic) bond motifs is 1. The molecule has 2 aromatic rings. The summed E-state index contributed by atoms with van der Waals surface area (Å²) in [5, 5.41) is 13.6. The van der Waals surface area contributed by atoms with Gasteiger partial charge in [-0.25, -0.2) is 9.59 Å². The zero-order chi connectivity index (χ0) is 13.4. The lowest BCUT2D eigenvalue weighted by Gasteiger charge is -2.15. The SMILES string of the molecule is O=C1NC(c2cccc3ccccc23)C(C(=O)O)O1. The van der Waals surface area contributed by atoms with Gasteiger partial charge in [0.05, 0.1) is 0 Å². The van der Waals surface area contributed by atoms with E-state index in [1.165, 1.54) is 0 Å². The number of alkyl carbamates (subject to hydrolysis) is 1. The fourth-order valence-electron chi connectivity index (χ4n) is 2.38. The zero-order valence-electron chi connectivity index (χ0n) is 9.87. The van der Waals surface area contributed by atoms with Crippen LogP contribution in [0.25, 0.3) is 10.8 Å². The topological polar surface area (TPSA) is 75.6 Å². The second-order valence-corrected chi connectivity index (χ2v) is 4.35. The summed E-state index contributed by atoms with van der Waals surface area (Å²) in [5.74, 6) is -1.16. The van der Waals surface area contributed by atoms with Crippen LogP contribution in [0.2, 0.25) is 0 Å². The van der Waals surface area contributed by atoms with Gasteiger partial charge in [0.25, 0.3) is 0 Å². The molecule has 19 heavy (non-hydrogen) atoms. The molecule has 1 aliphatic rings. The summed E-state index contributed by atoms with van der Waals surface area (Å²) >= 11 is 0. The third-order valence-corrected chi connectivity index (χ3v) is 3.21. The maximum atomic E-state index is 11.3. The van der Waals surface area contributed by atoms with Crippen molar-refractivity contribution in [3.63, 3.8) is 0 Å². The maximum Gasteiger partial charge on any atom is 0.408 e. The highest BCUT2D eigenvalue weighted by Crippen LogP contribution is 2.30. The molecule has 1 amide bonds. The lowest BCUT2D eigenvalue weighted by Crippen LogP contribution is -2.29. The van der Waals surface area contributed by atoms with Gasteiger partial charge in [-0.3, -0.25) is 0 Å². The van der Waals surface area contributed by atoms with E-state index in [1.807, 2.05) is 36.4 Å². The lowest BCUT2D eigenvalue weighted by molar-refractivity contribution is -0.146. The zero-order valence-corrected chi connectivity index (χ0v) is 9.87. The van der Waals surface area contributed by atoms with Crippen molar-refractivity contribution in [3.8, 4) is 0 Å². The molecule has 5 nitrogen and oxygen atoms in total. The van der Waals surface area contributed by atoms with Crippen molar-refractivity contribution in [2.45, 2.75) is 12.1 Å². The third-order valence-electron chi connectivity index (χ3n) is 3.21. The van der Waals surface area contributed by atoms with Crippen molar-refractivity contribution in [1.29, 1.82) is 0 Å². The number of carbonyl (C=O) groups is 2. The number of benzene rings is 2. The summed E-state index contributed by atoms with van der Waals surface area (Å²) in [6.45, 7) is 0. The molecule has 0 aromatic heterocycles. The smallest absolute Gasteiger partial charge is 0.408 e. The number of hydrogen-bond acceptors (Lipinski definition) is 3. The van der Waals surface area contributed by atoms with E-state index in [4.69, 9.17) is 9.84 Å². The van der Waals surface area contributed by atoms with E-state index < -0.39 is 24.2 Å². The highest BCUT2D eigenvalue weighted by Gasteiger charge is 2.41. The number of aliphatic carboxylic acids is 1. The summed E-state index contributed by atoms with van der Waals surface area (Å²) in [6, 6.07) is 12.5. The number of nitrogens with one attached hydrogen (secondary N) is 1. The molecule has 0 bridgehead atoms. The Labute approximate surface area is 108 Å². The van der Waals surface area contributed by atoms with E-state index >= 15 is 0 Å². The van der Waals surface area contributed by atoms with Gasteiger partial charge >= 0.3 is 12.1 Å². The molecular weight excluding hydrogens is 246 g/mol. The Kier molecular flexibility index (Phi) is 2.59. The second kappa shape index (κ2) is 4.28. The fraction of sp³-hybridized carbons (Fsp3) is 0.143. The summed E-state index contributed by atoms with van der Waals surface area (Å²) in [5.41, 5.74) is 0.747. The van der Waals surface area contributed by atoms with E-state index in [9.17, 15) is 9.59 Å². The fourth-order valence-corrected chi connectivity index (χ4v) is 2.38. The maximum absolute atomic E-state index is 11.3. The number of amides is 1. The molecule has 5 heteroatoms. The summed E-state index contributed by atoms with van der Waals surface area (Å²) < 4.78 is 4.79. The highest BCUT2D eigenvalue weighted by atomic mass is 16.6. The normalized spacial score (nSPS) is 22.0. The van der Waals surface area contributed by atoms with Crippen LogP contribution in [-0.4, -0.2) is 23.3 Å². The number of carboxylic acid groups (broad SMARTS) is 1. The van der Waals surface area contributed by atoms with Gasteiger partial charge in [0, 0.05) is 0 Å². The average Bonchev–Trinajstić information content (AvgIpc) is 2.80. The van der Waals surface area contributed by atoms with Gasteiger partial charge in [0.2, 0.25) is 6.10 Å². The van der Waals surface area contributed by atoms with Crippen molar-refractivity contribution < 1.29 is 19.4 Å². The lowest BCUT2D eigenvalue weighted by atomic mass is 9.96. The Morgan fingerprint density at radius 2 is 1.89 bits per heavy atom. The van der Waals surface area contributed by atoms with Gasteiger partial charge in [-0.15, -0.1) is 0 Å². The predicted molar refractivity (Wildman–Crippen MR) is 67.7 cm³/mol. The summed E-state index contributed by atoms with van der Waals surface area (Å²) in [7, 11) is 0. The van der Waals surface area contributed by atoms with Crippen LogP contribution in [0.5, 0.6) is 0 Å². The van der Waals surface area contributed by atoms with Crippen LogP contribution in [0.1, 0.15) is 11.6 Å². The molecule has 1 aliphatic heterocycles. The second-order valence-electron chi connectivity index (χ2n) is 4.35. The average molecular weight is 257 g/mol. The minimum absolute atomic E-state index is 0.670. The standard InChI is InChI=1S/C14H11NO4/c16-13(17)12-11(15-14(18)19-12)10-7-3-5-8-4-1-2-6-9(8)10/h1-7,11-12H,(H,15,18)(H,16,17). The first-order valence-corrected chi connectivity index (χ1v) is 5.84.